The number of carboxylic acid groups (broad SMARTS) is 1. The minimum absolute atomic E-state index is 0.105. The standard InChI is InChI=1S/C9H16N6O3/c10-7(8(16)17)4-12-9(18)15-2-1-6(5-15)3-13-14-11/h6-7H,1-5,10H2,(H,12,18)(H,16,17)/t6?,7-/m0/s1. The maximum atomic E-state index is 11.7. The molecular formula is C9H16N6O3. The molecule has 2 amide bonds. The van der Waals surface area contributed by atoms with Crippen LogP contribution in [0.25, 0.3) is 10.4 Å². The third kappa shape index (κ3) is 4.11. The predicted octanol–water partition coefficient (Wildman–Crippen LogP) is -0.260. The van der Waals surface area contributed by atoms with Crippen molar-refractivity contribution in [1.29, 1.82) is 0 Å². The minimum Gasteiger partial charge on any atom is -0.480 e. The smallest absolute Gasteiger partial charge is 0.322 e. The van der Waals surface area contributed by atoms with Crippen LogP contribution in [0.5, 0.6) is 0 Å². The molecule has 0 aromatic rings. The van der Waals surface area contributed by atoms with Crippen LogP contribution in [0.15, 0.2) is 5.11 Å². The first-order chi connectivity index (χ1) is 8.54. The first kappa shape index (κ1) is 14.1. The summed E-state index contributed by atoms with van der Waals surface area (Å²) < 4.78 is 0. The molecule has 0 aromatic heterocycles. The van der Waals surface area contributed by atoms with Gasteiger partial charge in [0.1, 0.15) is 6.04 Å². The summed E-state index contributed by atoms with van der Waals surface area (Å²) >= 11 is 0. The topological polar surface area (TPSA) is 144 Å². The van der Waals surface area contributed by atoms with Gasteiger partial charge in [-0.3, -0.25) is 4.79 Å². The third-order valence-electron chi connectivity index (χ3n) is 2.77. The van der Waals surface area contributed by atoms with E-state index in [4.69, 9.17) is 16.4 Å². The Morgan fingerprint density at radius 3 is 3.00 bits per heavy atom. The van der Waals surface area contributed by atoms with Gasteiger partial charge in [0.15, 0.2) is 0 Å². The highest BCUT2D eigenvalue weighted by molar-refractivity contribution is 5.77. The molecule has 0 radical (unpaired) electrons. The normalized spacial score (nSPS) is 20.1. The summed E-state index contributed by atoms with van der Waals surface area (Å²) in [6, 6.07) is -1.44. The van der Waals surface area contributed by atoms with Crippen molar-refractivity contribution in [2.45, 2.75) is 12.5 Å². The van der Waals surface area contributed by atoms with Gasteiger partial charge < -0.3 is 21.1 Å². The van der Waals surface area contributed by atoms with Crippen molar-refractivity contribution >= 4 is 12.0 Å². The van der Waals surface area contributed by atoms with Gasteiger partial charge in [-0.15, -0.1) is 0 Å². The predicted molar refractivity (Wildman–Crippen MR) is 62.7 cm³/mol. The Labute approximate surface area is 104 Å². The molecule has 1 heterocycles. The monoisotopic (exact) mass is 256 g/mol. The van der Waals surface area contributed by atoms with Crippen molar-refractivity contribution in [1.82, 2.24) is 10.2 Å². The van der Waals surface area contributed by atoms with Gasteiger partial charge in [-0.05, 0) is 17.9 Å². The summed E-state index contributed by atoms with van der Waals surface area (Å²) in [4.78, 5) is 26.4. The van der Waals surface area contributed by atoms with Gasteiger partial charge in [-0.2, -0.15) is 0 Å². The molecule has 100 valence electrons. The van der Waals surface area contributed by atoms with Gasteiger partial charge in [0.2, 0.25) is 0 Å². The Bertz CT molecular complexity index is 367. The molecule has 0 aliphatic carbocycles. The number of amides is 2. The van der Waals surface area contributed by atoms with Crippen LogP contribution in [0.1, 0.15) is 6.42 Å². The zero-order valence-corrected chi connectivity index (χ0v) is 9.82. The molecule has 0 aromatic carbocycles. The van der Waals surface area contributed by atoms with Gasteiger partial charge in [0.25, 0.3) is 0 Å². The molecule has 1 saturated heterocycles. The number of nitrogens with one attached hydrogen (secondary N) is 1. The van der Waals surface area contributed by atoms with E-state index in [9.17, 15) is 9.59 Å². The van der Waals surface area contributed by atoms with Gasteiger partial charge in [0, 0.05) is 31.1 Å². The van der Waals surface area contributed by atoms with Crippen LogP contribution < -0.4 is 11.1 Å². The highest BCUT2D eigenvalue weighted by atomic mass is 16.4. The first-order valence-corrected chi connectivity index (χ1v) is 5.56. The molecule has 1 aliphatic heterocycles. The Balaban J connectivity index is 2.31. The minimum atomic E-state index is -1.15. The number of urea groups is 1. The highest BCUT2D eigenvalue weighted by Crippen LogP contribution is 2.16. The average Bonchev–Trinajstić information content (AvgIpc) is 2.81. The Kier molecular flexibility index (Phi) is 5.22. The first-order valence-electron chi connectivity index (χ1n) is 5.56. The number of carbonyl (C=O) groups excluding carboxylic acids is 1. The van der Waals surface area contributed by atoms with Crippen LogP contribution in [0.2, 0.25) is 0 Å². The number of carboxylic acids is 1. The second-order valence-corrected chi connectivity index (χ2v) is 4.14. The largest absolute Gasteiger partial charge is 0.480 e. The van der Waals surface area contributed by atoms with Crippen LogP contribution >= 0.6 is 0 Å². The van der Waals surface area contributed by atoms with E-state index in [1.165, 1.54) is 0 Å². The zero-order valence-electron chi connectivity index (χ0n) is 9.82. The van der Waals surface area contributed by atoms with Crippen molar-refractivity contribution in [3.05, 3.63) is 10.4 Å². The van der Waals surface area contributed by atoms with Crippen LogP contribution in [-0.2, 0) is 4.79 Å². The van der Waals surface area contributed by atoms with Crippen LogP contribution in [-0.4, -0.2) is 54.2 Å². The summed E-state index contributed by atoms with van der Waals surface area (Å²) in [5.41, 5.74) is 13.5. The maximum Gasteiger partial charge on any atom is 0.322 e. The van der Waals surface area contributed by atoms with Crippen LogP contribution in [0.3, 0.4) is 0 Å². The number of aliphatic carboxylic acids is 1. The number of carbonyl (C=O) groups is 2. The number of likely N-dealkylation sites (tertiary alicyclic amines) is 1. The molecule has 18 heavy (non-hydrogen) atoms. The second kappa shape index (κ2) is 6.67. The fourth-order valence-corrected chi connectivity index (χ4v) is 1.71. The van der Waals surface area contributed by atoms with E-state index in [2.05, 4.69) is 15.3 Å². The molecule has 4 N–H and O–H groups in total. The van der Waals surface area contributed by atoms with Crippen molar-refractivity contribution in [3.63, 3.8) is 0 Å². The lowest BCUT2D eigenvalue weighted by Crippen LogP contribution is -2.46. The van der Waals surface area contributed by atoms with E-state index >= 15 is 0 Å². The Morgan fingerprint density at radius 2 is 2.39 bits per heavy atom. The van der Waals surface area contributed by atoms with Gasteiger partial charge in [-0.25, -0.2) is 4.79 Å². The molecular weight excluding hydrogens is 240 g/mol. The van der Waals surface area contributed by atoms with Gasteiger partial charge in [-0.1, -0.05) is 5.11 Å². The Hall–Kier alpha value is -1.99. The van der Waals surface area contributed by atoms with Crippen molar-refractivity contribution in [2.24, 2.45) is 16.8 Å². The number of nitrogens with two attached hydrogens (primary N) is 1. The van der Waals surface area contributed by atoms with E-state index in [1.54, 1.807) is 4.90 Å². The van der Waals surface area contributed by atoms with Crippen molar-refractivity contribution < 1.29 is 14.7 Å². The van der Waals surface area contributed by atoms with E-state index in [1.807, 2.05) is 0 Å². The molecule has 9 nitrogen and oxygen atoms in total. The number of nitrogens with zero attached hydrogens (tertiary/aromatic N) is 4. The summed E-state index contributed by atoms with van der Waals surface area (Å²) in [6.07, 6.45) is 0.775. The molecule has 0 spiro atoms. The molecule has 1 rings (SSSR count). The fraction of sp³-hybridized carbons (Fsp3) is 0.778. The SMILES string of the molecule is [N-]=[N+]=NCC1CCN(C(=O)NC[C@H](N)C(=O)O)C1. The second-order valence-electron chi connectivity index (χ2n) is 4.14. The van der Waals surface area contributed by atoms with E-state index in [0.29, 0.717) is 19.6 Å². The highest BCUT2D eigenvalue weighted by Gasteiger charge is 2.26. The Morgan fingerprint density at radius 1 is 1.67 bits per heavy atom. The molecule has 2 atom stereocenters. The quantitative estimate of drug-likeness (QED) is 0.353. The summed E-state index contributed by atoms with van der Waals surface area (Å²) in [6.45, 7) is 1.34. The summed E-state index contributed by atoms with van der Waals surface area (Å²) in [7, 11) is 0. The number of hydrogen-bond acceptors (Lipinski definition) is 4. The lowest BCUT2D eigenvalue weighted by Gasteiger charge is -2.18. The van der Waals surface area contributed by atoms with Crippen molar-refractivity contribution in [3.8, 4) is 0 Å². The molecule has 1 unspecified atom stereocenters. The summed E-state index contributed by atoms with van der Waals surface area (Å²) in [5, 5.41) is 14.5. The molecule has 0 saturated carbocycles. The van der Waals surface area contributed by atoms with Gasteiger partial charge in [0.05, 0.1) is 0 Å². The molecule has 0 bridgehead atoms. The molecule has 1 fully saturated rings. The maximum absolute atomic E-state index is 11.7. The lowest BCUT2D eigenvalue weighted by atomic mass is 10.1. The molecule has 1 aliphatic rings. The average molecular weight is 256 g/mol. The van der Waals surface area contributed by atoms with Crippen LogP contribution in [0.4, 0.5) is 4.79 Å². The van der Waals surface area contributed by atoms with Crippen LogP contribution in [0, 0.1) is 5.92 Å². The third-order valence-corrected chi connectivity index (χ3v) is 2.77. The van der Waals surface area contributed by atoms with E-state index in [0.717, 1.165) is 6.42 Å². The van der Waals surface area contributed by atoms with Gasteiger partial charge >= 0.3 is 12.0 Å². The number of rotatable bonds is 5. The van der Waals surface area contributed by atoms with Crippen molar-refractivity contribution in [2.75, 3.05) is 26.2 Å². The number of azide groups is 1. The lowest BCUT2D eigenvalue weighted by molar-refractivity contribution is -0.138. The van der Waals surface area contributed by atoms with E-state index in [-0.39, 0.29) is 18.5 Å². The number of hydrogen-bond donors (Lipinski definition) is 3. The summed E-state index contributed by atoms with van der Waals surface area (Å²) in [5.74, 6) is -0.988. The van der Waals surface area contributed by atoms with E-state index < -0.39 is 12.0 Å². The zero-order chi connectivity index (χ0) is 13.5. The molecule has 9 heteroatoms. The fourth-order valence-electron chi connectivity index (χ4n) is 1.71.